The van der Waals surface area contributed by atoms with Crippen molar-refractivity contribution in [2.45, 2.75) is 32.6 Å². The summed E-state index contributed by atoms with van der Waals surface area (Å²) >= 11 is 0. The first-order valence-electron chi connectivity index (χ1n) is 6.56. The first kappa shape index (κ1) is 13.4. The second-order valence-electron chi connectivity index (χ2n) is 4.68. The molecule has 1 N–H and O–H groups in total. The molecule has 1 aliphatic carbocycles. The monoisotopic (exact) mass is 255 g/mol. The second-order valence-corrected chi connectivity index (χ2v) is 4.68. The zero-order chi connectivity index (χ0) is 13.7. The third kappa shape index (κ3) is 3.69. The molecule has 0 atom stereocenters. The van der Waals surface area contributed by atoms with Crippen LogP contribution in [-0.2, 0) is 11.2 Å². The minimum atomic E-state index is -0.0406. The Hall–Kier alpha value is -2.08. The van der Waals surface area contributed by atoms with Gasteiger partial charge in [-0.1, -0.05) is 17.9 Å². The van der Waals surface area contributed by atoms with E-state index < -0.39 is 0 Å². The predicted molar refractivity (Wildman–Crippen MR) is 73.9 cm³/mol. The molecule has 1 aliphatic rings. The van der Waals surface area contributed by atoms with Gasteiger partial charge < -0.3 is 5.32 Å². The van der Waals surface area contributed by atoms with Crippen molar-refractivity contribution in [3.8, 4) is 11.8 Å². The number of nitrogens with one attached hydrogen (secondary N) is 1. The molecule has 0 unspecified atom stereocenters. The molecule has 98 valence electrons. The van der Waals surface area contributed by atoms with Gasteiger partial charge in [-0.25, -0.2) is 0 Å². The summed E-state index contributed by atoms with van der Waals surface area (Å²) in [5.74, 6) is 6.22. The van der Waals surface area contributed by atoms with Crippen molar-refractivity contribution in [3.05, 3.63) is 34.9 Å². The van der Waals surface area contributed by atoms with Crippen molar-refractivity contribution in [1.29, 1.82) is 0 Å². The molecule has 1 amide bonds. The largest absolute Gasteiger partial charge is 0.355 e. The van der Waals surface area contributed by atoms with Crippen molar-refractivity contribution < 1.29 is 9.59 Å². The van der Waals surface area contributed by atoms with Crippen molar-refractivity contribution in [2.75, 3.05) is 6.54 Å². The van der Waals surface area contributed by atoms with Gasteiger partial charge in [-0.05, 0) is 30.5 Å². The van der Waals surface area contributed by atoms with Crippen LogP contribution in [0.1, 0.15) is 47.7 Å². The number of carbonyl (C=O) groups is 2. The Bertz CT molecular complexity index is 564. The lowest BCUT2D eigenvalue weighted by Gasteiger charge is -2.14. The fourth-order valence-corrected chi connectivity index (χ4v) is 2.17. The molecule has 0 saturated heterocycles. The Morgan fingerprint density at radius 2 is 2.21 bits per heavy atom. The molecule has 1 aromatic rings. The molecule has 3 heteroatoms. The number of aryl methyl sites for hydroxylation is 1. The third-order valence-corrected chi connectivity index (χ3v) is 3.12. The number of hydrogen-bond donors (Lipinski definition) is 1. The van der Waals surface area contributed by atoms with Gasteiger partial charge in [0, 0.05) is 37.4 Å². The summed E-state index contributed by atoms with van der Waals surface area (Å²) in [5.41, 5.74) is 2.84. The van der Waals surface area contributed by atoms with E-state index in [1.54, 1.807) is 0 Å². The summed E-state index contributed by atoms with van der Waals surface area (Å²) in [5, 5.41) is 2.69. The molecular weight excluding hydrogens is 238 g/mol. The molecule has 3 nitrogen and oxygen atoms in total. The maximum absolute atomic E-state index is 11.8. The summed E-state index contributed by atoms with van der Waals surface area (Å²) in [6, 6.07) is 5.86. The van der Waals surface area contributed by atoms with Crippen molar-refractivity contribution in [1.82, 2.24) is 5.32 Å². The summed E-state index contributed by atoms with van der Waals surface area (Å²) in [6.45, 7) is 2.05. The van der Waals surface area contributed by atoms with Gasteiger partial charge in [0.25, 0.3) is 0 Å². The standard InChI is InChI=1S/C16H17NO2/c1-12(18)17-10-3-2-5-13-8-9-14-6-4-7-16(19)15(14)11-13/h8-9,11H,3-4,6-7,10H2,1H3,(H,17,18). The van der Waals surface area contributed by atoms with E-state index in [4.69, 9.17) is 0 Å². The Morgan fingerprint density at radius 3 is 3.00 bits per heavy atom. The first-order chi connectivity index (χ1) is 9.16. The van der Waals surface area contributed by atoms with Gasteiger partial charge in [-0.3, -0.25) is 9.59 Å². The van der Waals surface area contributed by atoms with Gasteiger partial charge in [0.15, 0.2) is 5.78 Å². The topological polar surface area (TPSA) is 46.2 Å². The molecule has 2 rings (SSSR count). The molecule has 0 spiro atoms. The fourth-order valence-electron chi connectivity index (χ4n) is 2.17. The van der Waals surface area contributed by atoms with Crippen LogP contribution in [-0.4, -0.2) is 18.2 Å². The highest BCUT2D eigenvalue weighted by Crippen LogP contribution is 2.21. The van der Waals surface area contributed by atoms with Crippen LogP contribution >= 0.6 is 0 Å². The highest BCUT2D eigenvalue weighted by molar-refractivity contribution is 5.98. The molecule has 0 saturated carbocycles. The maximum atomic E-state index is 11.8. The van der Waals surface area contributed by atoms with E-state index in [1.807, 2.05) is 18.2 Å². The number of carbonyl (C=O) groups excluding carboxylic acids is 2. The summed E-state index contributed by atoms with van der Waals surface area (Å²) in [6.07, 6.45) is 3.20. The molecule has 0 heterocycles. The average Bonchev–Trinajstić information content (AvgIpc) is 2.39. The van der Waals surface area contributed by atoms with Gasteiger partial charge in [0.1, 0.15) is 0 Å². The van der Waals surface area contributed by atoms with E-state index >= 15 is 0 Å². The lowest BCUT2D eigenvalue weighted by molar-refractivity contribution is -0.118. The molecule has 0 fully saturated rings. The first-order valence-corrected chi connectivity index (χ1v) is 6.56. The highest BCUT2D eigenvalue weighted by Gasteiger charge is 2.16. The number of Topliss-reactive ketones (excluding diaryl/α,β-unsaturated/α-hetero) is 1. The van der Waals surface area contributed by atoms with Crippen molar-refractivity contribution in [2.24, 2.45) is 0 Å². The van der Waals surface area contributed by atoms with E-state index in [0.29, 0.717) is 19.4 Å². The summed E-state index contributed by atoms with van der Waals surface area (Å²) < 4.78 is 0. The fraction of sp³-hybridized carbons (Fsp3) is 0.375. The number of rotatable bonds is 2. The van der Waals surface area contributed by atoms with Crippen LogP contribution in [0.3, 0.4) is 0 Å². The van der Waals surface area contributed by atoms with Crippen LogP contribution < -0.4 is 5.32 Å². The van der Waals surface area contributed by atoms with Crippen LogP contribution in [0.25, 0.3) is 0 Å². The van der Waals surface area contributed by atoms with Gasteiger partial charge in [0.2, 0.25) is 5.91 Å². The van der Waals surface area contributed by atoms with Gasteiger partial charge in [-0.15, -0.1) is 0 Å². The highest BCUT2D eigenvalue weighted by atomic mass is 16.1. The lowest BCUT2D eigenvalue weighted by atomic mass is 9.89. The molecule has 0 aromatic heterocycles. The zero-order valence-corrected chi connectivity index (χ0v) is 11.1. The summed E-state index contributed by atoms with van der Waals surface area (Å²) in [7, 11) is 0. The smallest absolute Gasteiger partial charge is 0.216 e. The van der Waals surface area contributed by atoms with Crippen LogP contribution in [0, 0.1) is 11.8 Å². The maximum Gasteiger partial charge on any atom is 0.216 e. The van der Waals surface area contributed by atoms with Crippen LogP contribution in [0.5, 0.6) is 0 Å². The minimum absolute atomic E-state index is 0.0406. The van der Waals surface area contributed by atoms with E-state index in [-0.39, 0.29) is 11.7 Å². The minimum Gasteiger partial charge on any atom is -0.355 e. The van der Waals surface area contributed by atoms with Crippen LogP contribution in [0.4, 0.5) is 0 Å². The van der Waals surface area contributed by atoms with E-state index in [9.17, 15) is 9.59 Å². The summed E-state index contributed by atoms with van der Waals surface area (Å²) in [4.78, 5) is 22.5. The van der Waals surface area contributed by atoms with E-state index in [1.165, 1.54) is 6.92 Å². The third-order valence-electron chi connectivity index (χ3n) is 3.12. The molecule has 19 heavy (non-hydrogen) atoms. The molecule has 1 aromatic carbocycles. The predicted octanol–water partition coefficient (Wildman–Crippen LogP) is 2.08. The Kier molecular flexibility index (Phi) is 4.35. The zero-order valence-electron chi connectivity index (χ0n) is 11.1. The van der Waals surface area contributed by atoms with Crippen LogP contribution in [0.2, 0.25) is 0 Å². The number of hydrogen-bond acceptors (Lipinski definition) is 2. The number of ketones is 1. The van der Waals surface area contributed by atoms with Crippen molar-refractivity contribution >= 4 is 11.7 Å². The van der Waals surface area contributed by atoms with Gasteiger partial charge >= 0.3 is 0 Å². The SMILES string of the molecule is CC(=O)NCCC#Cc1ccc2c(c1)C(=O)CCC2. The Balaban J connectivity index is 2.02. The second kappa shape index (κ2) is 6.19. The average molecular weight is 255 g/mol. The van der Waals surface area contributed by atoms with Crippen molar-refractivity contribution in [3.63, 3.8) is 0 Å². The Morgan fingerprint density at radius 1 is 1.37 bits per heavy atom. The molecular formula is C16H17NO2. The quantitative estimate of drug-likeness (QED) is 0.649. The Labute approximate surface area is 113 Å². The number of fused-ring (bicyclic) bond motifs is 1. The molecule has 0 aliphatic heterocycles. The number of amides is 1. The van der Waals surface area contributed by atoms with Crippen LogP contribution in [0.15, 0.2) is 18.2 Å². The van der Waals surface area contributed by atoms with E-state index in [0.717, 1.165) is 29.5 Å². The molecule has 0 bridgehead atoms. The molecule has 0 radical (unpaired) electrons. The van der Waals surface area contributed by atoms with Gasteiger partial charge in [-0.2, -0.15) is 0 Å². The lowest BCUT2D eigenvalue weighted by Crippen LogP contribution is -2.20. The van der Waals surface area contributed by atoms with E-state index in [2.05, 4.69) is 17.2 Å². The van der Waals surface area contributed by atoms with Gasteiger partial charge in [0.05, 0.1) is 0 Å². The number of benzene rings is 1. The normalized spacial score (nSPS) is 13.2.